The summed E-state index contributed by atoms with van der Waals surface area (Å²) in [7, 11) is 0. The van der Waals surface area contributed by atoms with Gasteiger partial charge in [-0.3, -0.25) is 0 Å². The quantitative estimate of drug-likeness (QED) is 0.780. The van der Waals surface area contributed by atoms with Gasteiger partial charge in [-0.2, -0.15) is 11.8 Å². The standard InChI is InChI=1S/C11H18O3S/c1-9(2)14-6-10(12)7-15-8-11-4-3-5-13-11/h3-5,9-10,12H,6-8H2,1-2H3. The predicted octanol–water partition coefficient (Wildman–Crippen LogP) is 2.30. The van der Waals surface area contributed by atoms with Crippen molar-refractivity contribution >= 4 is 11.8 Å². The van der Waals surface area contributed by atoms with E-state index < -0.39 is 6.10 Å². The van der Waals surface area contributed by atoms with Gasteiger partial charge in [-0.15, -0.1) is 0 Å². The third kappa shape index (κ3) is 5.87. The topological polar surface area (TPSA) is 42.6 Å². The van der Waals surface area contributed by atoms with Crippen LogP contribution in [0.25, 0.3) is 0 Å². The van der Waals surface area contributed by atoms with Crippen LogP contribution >= 0.6 is 11.8 Å². The molecule has 0 aliphatic carbocycles. The van der Waals surface area contributed by atoms with Crippen LogP contribution in [0, 0.1) is 0 Å². The summed E-state index contributed by atoms with van der Waals surface area (Å²) in [6.07, 6.45) is 1.44. The molecule has 0 spiro atoms. The number of thioether (sulfide) groups is 1. The molecule has 0 bridgehead atoms. The second-order valence-electron chi connectivity index (χ2n) is 3.63. The van der Waals surface area contributed by atoms with Crippen LogP contribution in [0.4, 0.5) is 0 Å². The normalized spacial score (nSPS) is 13.3. The van der Waals surface area contributed by atoms with Crippen LogP contribution in [0.5, 0.6) is 0 Å². The van der Waals surface area contributed by atoms with Crippen LogP contribution in [0.1, 0.15) is 19.6 Å². The fourth-order valence-corrected chi connectivity index (χ4v) is 1.89. The van der Waals surface area contributed by atoms with Gasteiger partial charge >= 0.3 is 0 Å². The van der Waals surface area contributed by atoms with Gasteiger partial charge in [0.15, 0.2) is 0 Å². The molecule has 0 saturated carbocycles. The highest BCUT2D eigenvalue weighted by atomic mass is 32.2. The van der Waals surface area contributed by atoms with E-state index in [2.05, 4.69) is 0 Å². The number of furan rings is 1. The smallest absolute Gasteiger partial charge is 0.113 e. The maximum atomic E-state index is 9.55. The Kier molecular flexibility index (Phi) is 5.83. The Morgan fingerprint density at radius 2 is 2.33 bits per heavy atom. The number of hydrogen-bond acceptors (Lipinski definition) is 4. The number of ether oxygens (including phenoxy) is 1. The Morgan fingerprint density at radius 3 is 2.93 bits per heavy atom. The lowest BCUT2D eigenvalue weighted by atomic mass is 10.4. The van der Waals surface area contributed by atoms with Crippen molar-refractivity contribution in [2.24, 2.45) is 0 Å². The lowest BCUT2D eigenvalue weighted by Crippen LogP contribution is -2.20. The zero-order valence-electron chi connectivity index (χ0n) is 9.18. The molecule has 1 heterocycles. The number of hydrogen-bond donors (Lipinski definition) is 1. The summed E-state index contributed by atoms with van der Waals surface area (Å²) in [5.74, 6) is 2.41. The van der Waals surface area contributed by atoms with Crippen molar-refractivity contribution in [3.63, 3.8) is 0 Å². The maximum absolute atomic E-state index is 9.55. The van der Waals surface area contributed by atoms with E-state index in [0.717, 1.165) is 11.5 Å². The van der Waals surface area contributed by atoms with Crippen molar-refractivity contribution in [3.05, 3.63) is 24.2 Å². The third-order valence-corrected chi connectivity index (χ3v) is 2.87. The summed E-state index contributed by atoms with van der Waals surface area (Å²) < 4.78 is 10.5. The minimum atomic E-state index is -0.396. The van der Waals surface area contributed by atoms with Crippen molar-refractivity contribution in [1.29, 1.82) is 0 Å². The summed E-state index contributed by atoms with van der Waals surface area (Å²) >= 11 is 1.65. The molecule has 15 heavy (non-hydrogen) atoms. The molecule has 3 nitrogen and oxygen atoms in total. The van der Waals surface area contributed by atoms with E-state index in [4.69, 9.17) is 9.15 Å². The van der Waals surface area contributed by atoms with Crippen molar-refractivity contribution < 1.29 is 14.3 Å². The largest absolute Gasteiger partial charge is 0.468 e. The van der Waals surface area contributed by atoms with Gasteiger partial charge in [0.05, 0.1) is 30.8 Å². The first-order valence-electron chi connectivity index (χ1n) is 5.08. The molecule has 1 atom stereocenters. The van der Waals surface area contributed by atoms with Crippen LogP contribution in [-0.4, -0.2) is 29.7 Å². The minimum absolute atomic E-state index is 0.176. The average molecular weight is 230 g/mol. The first kappa shape index (κ1) is 12.6. The van der Waals surface area contributed by atoms with E-state index in [1.807, 2.05) is 26.0 Å². The Balaban J connectivity index is 2.04. The second-order valence-corrected chi connectivity index (χ2v) is 4.66. The van der Waals surface area contributed by atoms with Crippen molar-refractivity contribution in [1.82, 2.24) is 0 Å². The van der Waals surface area contributed by atoms with E-state index in [0.29, 0.717) is 12.4 Å². The van der Waals surface area contributed by atoms with Crippen LogP contribution < -0.4 is 0 Å². The van der Waals surface area contributed by atoms with Crippen LogP contribution in [0.3, 0.4) is 0 Å². The molecule has 0 aromatic carbocycles. The molecule has 0 aliphatic rings. The summed E-state index contributed by atoms with van der Waals surface area (Å²) in [6, 6.07) is 3.80. The average Bonchev–Trinajstić information content (AvgIpc) is 2.67. The molecule has 86 valence electrons. The molecule has 0 radical (unpaired) electrons. The monoisotopic (exact) mass is 230 g/mol. The number of rotatable bonds is 7. The summed E-state index contributed by atoms with van der Waals surface area (Å²) in [4.78, 5) is 0. The summed E-state index contributed by atoms with van der Waals surface area (Å²) in [6.45, 7) is 4.33. The first-order chi connectivity index (χ1) is 7.18. The molecule has 1 unspecified atom stereocenters. The van der Waals surface area contributed by atoms with E-state index in [9.17, 15) is 5.11 Å². The molecule has 0 fully saturated rings. The Hall–Kier alpha value is -0.450. The van der Waals surface area contributed by atoms with Gasteiger partial charge < -0.3 is 14.3 Å². The van der Waals surface area contributed by atoms with Gasteiger partial charge in [0, 0.05) is 5.75 Å². The number of aliphatic hydroxyl groups is 1. The van der Waals surface area contributed by atoms with Gasteiger partial charge in [-0.1, -0.05) is 0 Å². The molecule has 1 aromatic heterocycles. The Morgan fingerprint density at radius 1 is 1.53 bits per heavy atom. The molecular formula is C11H18O3S. The van der Waals surface area contributed by atoms with Crippen LogP contribution in [0.15, 0.2) is 22.8 Å². The summed E-state index contributed by atoms with van der Waals surface area (Å²) in [5, 5.41) is 9.55. The van der Waals surface area contributed by atoms with Gasteiger partial charge in [0.25, 0.3) is 0 Å². The fourth-order valence-electron chi connectivity index (χ4n) is 1.04. The molecule has 1 rings (SSSR count). The van der Waals surface area contributed by atoms with E-state index in [-0.39, 0.29) is 6.10 Å². The highest BCUT2D eigenvalue weighted by Crippen LogP contribution is 2.13. The molecule has 0 amide bonds. The zero-order valence-corrected chi connectivity index (χ0v) is 10.00. The molecule has 0 aliphatic heterocycles. The van der Waals surface area contributed by atoms with Crippen molar-refractivity contribution in [3.8, 4) is 0 Å². The van der Waals surface area contributed by atoms with Crippen molar-refractivity contribution in [2.75, 3.05) is 12.4 Å². The molecular weight excluding hydrogens is 212 g/mol. The molecule has 1 N–H and O–H groups in total. The fraction of sp³-hybridized carbons (Fsp3) is 0.636. The van der Waals surface area contributed by atoms with Crippen LogP contribution in [0.2, 0.25) is 0 Å². The maximum Gasteiger partial charge on any atom is 0.113 e. The molecule has 4 heteroatoms. The Bertz CT molecular complexity index is 246. The lowest BCUT2D eigenvalue weighted by Gasteiger charge is -2.12. The lowest BCUT2D eigenvalue weighted by molar-refractivity contribution is 0.0152. The first-order valence-corrected chi connectivity index (χ1v) is 6.23. The third-order valence-electron chi connectivity index (χ3n) is 1.76. The van der Waals surface area contributed by atoms with E-state index in [1.54, 1.807) is 18.0 Å². The Labute approximate surface area is 94.8 Å². The van der Waals surface area contributed by atoms with Gasteiger partial charge in [0.2, 0.25) is 0 Å². The predicted molar refractivity (Wildman–Crippen MR) is 62.0 cm³/mol. The summed E-state index contributed by atoms with van der Waals surface area (Å²) in [5.41, 5.74) is 0. The highest BCUT2D eigenvalue weighted by molar-refractivity contribution is 7.98. The zero-order chi connectivity index (χ0) is 11.1. The van der Waals surface area contributed by atoms with E-state index in [1.165, 1.54) is 0 Å². The van der Waals surface area contributed by atoms with E-state index >= 15 is 0 Å². The number of aliphatic hydroxyl groups excluding tert-OH is 1. The second kappa shape index (κ2) is 6.93. The highest BCUT2D eigenvalue weighted by Gasteiger charge is 2.06. The van der Waals surface area contributed by atoms with Crippen LogP contribution in [-0.2, 0) is 10.5 Å². The minimum Gasteiger partial charge on any atom is -0.468 e. The van der Waals surface area contributed by atoms with Gasteiger partial charge in [-0.05, 0) is 26.0 Å². The van der Waals surface area contributed by atoms with Gasteiger partial charge in [-0.25, -0.2) is 0 Å². The van der Waals surface area contributed by atoms with Crippen molar-refractivity contribution in [2.45, 2.75) is 31.8 Å². The molecule has 0 saturated heterocycles. The van der Waals surface area contributed by atoms with Gasteiger partial charge in [0.1, 0.15) is 5.76 Å². The molecule has 1 aromatic rings. The SMILES string of the molecule is CC(C)OCC(O)CSCc1ccco1.